The molecule has 17 heavy (non-hydrogen) atoms. The van der Waals surface area contributed by atoms with Gasteiger partial charge in [-0.2, -0.15) is 11.8 Å². The maximum atomic E-state index is 6.16. The number of rotatable bonds is 4. The van der Waals surface area contributed by atoms with E-state index in [1.807, 2.05) is 17.8 Å². The predicted octanol–water partition coefficient (Wildman–Crippen LogP) is 3.23. The van der Waals surface area contributed by atoms with Gasteiger partial charge in [0.2, 0.25) is 0 Å². The molecule has 0 amide bonds. The molecule has 0 aliphatic carbocycles. The fourth-order valence-electron chi connectivity index (χ4n) is 2.39. The molecule has 1 aromatic rings. The third-order valence-corrected chi connectivity index (χ3v) is 5.75. The Hall–Kier alpha value is 0.260. The van der Waals surface area contributed by atoms with E-state index in [-0.39, 0.29) is 12.1 Å². The summed E-state index contributed by atoms with van der Waals surface area (Å²) >= 11 is 9.71. The molecule has 3 unspecified atom stereocenters. The average Bonchev–Trinajstić information content (AvgIpc) is 2.88. The van der Waals surface area contributed by atoms with E-state index >= 15 is 0 Å². The largest absolute Gasteiger partial charge is 0.326 e. The van der Waals surface area contributed by atoms with Crippen LogP contribution in [-0.2, 0) is 0 Å². The number of halogens is 1. The van der Waals surface area contributed by atoms with Crippen LogP contribution in [0.5, 0.6) is 0 Å². The molecule has 2 rings (SSSR count). The lowest BCUT2D eigenvalue weighted by molar-refractivity contribution is 0.171. The zero-order valence-electron chi connectivity index (χ0n) is 10.2. The van der Waals surface area contributed by atoms with Gasteiger partial charge in [-0.05, 0) is 38.3 Å². The Labute approximate surface area is 117 Å². The van der Waals surface area contributed by atoms with Gasteiger partial charge in [0, 0.05) is 22.7 Å². The molecule has 1 aromatic heterocycles. The Balaban J connectivity index is 2.16. The lowest BCUT2D eigenvalue weighted by atomic mass is 10.0. The molecule has 2 heterocycles. The second kappa shape index (κ2) is 5.93. The van der Waals surface area contributed by atoms with Crippen molar-refractivity contribution in [2.24, 2.45) is 5.73 Å². The van der Waals surface area contributed by atoms with Gasteiger partial charge in [0.05, 0.1) is 10.4 Å². The number of hydrogen-bond donors (Lipinski definition) is 1. The molecule has 5 heteroatoms. The highest BCUT2D eigenvalue weighted by atomic mass is 35.5. The van der Waals surface area contributed by atoms with Gasteiger partial charge in [0.1, 0.15) is 0 Å². The lowest BCUT2D eigenvalue weighted by Crippen LogP contribution is -2.42. The molecule has 2 nitrogen and oxygen atoms in total. The number of likely N-dealkylation sites (N-methyl/N-ethyl adjacent to an activating group) is 1. The van der Waals surface area contributed by atoms with E-state index in [4.69, 9.17) is 17.3 Å². The van der Waals surface area contributed by atoms with Crippen LogP contribution in [0.2, 0.25) is 4.34 Å². The average molecular weight is 291 g/mol. The van der Waals surface area contributed by atoms with Crippen LogP contribution in [0.3, 0.4) is 0 Å². The Morgan fingerprint density at radius 1 is 1.53 bits per heavy atom. The molecule has 3 atom stereocenters. The SMILES string of the molecule is CC(N)C(c1ccc(Cl)s1)N(C)C1CCSC1. The van der Waals surface area contributed by atoms with Crippen LogP contribution in [0.15, 0.2) is 12.1 Å². The number of nitrogens with two attached hydrogens (primary N) is 1. The van der Waals surface area contributed by atoms with Crippen molar-refractivity contribution in [2.45, 2.75) is 31.5 Å². The third-order valence-electron chi connectivity index (χ3n) is 3.30. The summed E-state index contributed by atoms with van der Waals surface area (Å²) in [5.74, 6) is 2.49. The summed E-state index contributed by atoms with van der Waals surface area (Å²) in [6, 6.07) is 5.14. The molecule has 1 fully saturated rings. The maximum Gasteiger partial charge on any atom is 0.0931 e. The number of thiophene rings is 1. The number of thioether (sulfide) groups is 1. The molecule has 0 bridgehead atoms. The molecule has 96 valence electrons. The van der Waals surface area contributed by atoms with E-state index in [1.165, 1.54) is 22.8 Å². The minimum absolute atomic E-state index is 0.125. The van der Waals surface area contributed by atoms with Crippen molar-refractivity contribution < 1.29 is 0 Å². The first-order valence-corrected chi connectivity index (χ1v) is 8.25. The second-order valence-corrected chi connectivity index (χ2v) is 7.53. The normalized spacial score (nSPS) is 24.2. The Kier molecular flexibility index (Phi) is 4.78. The van der Waals surface area contributed by atoms with E-state index in [1.54, 1.807) is 11.3 Å². The minimum Gasteiger partial charge on any atom is -0.326 e. The first kappa shape index (κ1) is 13.7. The van der Waals surface area contributed by atoms with Crippen molar-refractivity contribution in [3.63, 3.8) is 0 Å². The summed E-state index contributed by atoms with van der Waals surface area (Å²) in [5, 5.41) is 0. The summed E-state index contributed by atoms with van der Waals surface area (Å²) in [5.41, 5.74) is 6.16. The van der Waals surface area contributed by atoms with Crippen LogP contribution in [0, 0.1) is 0 Å². The zero-order chi connectivity index (χ0) is 12.4. The van der Waals surface area contributed by atoms with Crippen LogP contribution < -0.4 is 5.73 Å². The fourth-order valence-corrected chi connectivity index (χ4v) is 5.00. The van der Waals surface area contributed by atoms with Gasteiger partial charge >= 0.3 is 0 Å². The number of nitrogens with zero attached hydrogens (tertiary/aromatic N) is 1. The van der Waals surface area contributed by atoms with Gasteiger partial charge < -0.3 is 5.73 Å². The Morgan fingerprint density at radius 3 is 2.76 bits per heavy atom. The van der Waals surface area contributed by atoms with Gasteiger partial charge in [0.25, 0.3) is 0 Å². The summed E-state index contributed by atoms with van der Waals surface area (Å²) in [7, 11) is 2.19. The van der Waals surface area contributed by atoms with Crippen molar-refractivity contribution in [2.75, 3.05) is 18.6 Å². The molecule has 2 N–H and O–H groups in total. The van der Waals surface area contributed by atoms with E-state index in [0.29, 0.717) is 6.04 Å². The van der Waals surface area contributed by atoms with Crippen LogP contribution >= 0.6 is 34.7 Å². The number of hydrogen-bond acceptors (Lipinski definition) is 4. The summed E-state index contributed by atoms with van der Waals surface area (Å²) in [4.78, 5) is 3.72. The summed E-state index contributed by atoms with van der Waals surface area (Å²) in [6.07, 6.45) is 1.27. The second-order valence-electron chi connectivity index (χ2n) is 4.63. The highest BCUT2D eigenvalue weighted by molar-refractivity contribution is 7.99. The minimum atomic E-state index is 0.125. The summed E-state index contributed by atoms with van der Waals surface area (Å²) < 4.78 is 0.847. The third kappa shape index (κ3) is 3.18. The standard InChI is InChI=1S/C12H19ClN2S2/c1-8(14)12(10-3-4-11(13)17-10)15(2)9-5-6-16-7-9/h3-4,8-9,12H,5-7,14H2,1-2H3. The first-order valence-electron chi connectivity index (χ1n) is 5.90. The Bertz CT molecular complexity index is 361. The molecule has 0 spiro atoms. The van der Waals surface area contributed by atoms with Gasteiger partial charge in [-0.3, -0.25) is 4.90 Å². The van der Waals surface area contributed by atoms with Crippen molar-refractivity contribution >= 4 is 34.7 Å². The van der Waals surface area contributed by atoms with E-state index < -0.39 is 0 Å². The molecular formula is C12H19ClN2S2. The molecular weight excluding hydrogens is 272 g/mol. The maximum absolute atomic E-state index is 6.16. The van der Waals surface area contributed by atoms with Crippen LogP contribution in [0.4, 0.5) is 0 Å². The van der Waals surface area contributed by atoms with Gasteiger partial charge in [-0.15, -0.1) is 11.3 Å². The van der Waals surface area contributed by atoms with Gasteiger partial charge in [-0.25, -0.2) is 0 Å². The smallest absolute Gasteiger partial charge is 0.0931 e. The van der Waals surface area contributed by atoms with Crippen molar-refractivity contribution in [3.05, 3.63) is 21.3 Å². The lowest BCUT2D eigenvalue weighted by Gasteiger charge is -2.34. The van der Waals surface area contributed by atoms with Gasteiger partial charge in [0.15, 0.2) is 0 Å². The van der Waals surface area contributed by atoms with E-state index in [9.17, 15) is 0 Å². The van der Waals surface area contributed by atoms with Crippen molar-refractivity contribution in [3.8, 4) is 0 Å². The molecule has 0 radical (unpaired) electrons. The highest BCUT2D eigenvalue weighted by Crippen LogP contribution is 2.35. The van der Waals surface area contributed by atoms with Crippen LogP contribution in [0.25, 0.3) is 0 Å². The topological polar surface area (TPSA) is 29.3 Å². The fraction of sp³-hybridized carbons (Fsp3) is 0.667. The molecule has 1 aliphatic heterocycles. The monoisotopic (exact) mass is 290 g/mol. The quantitative estimate of drug-likeness (QED) is 0.923. The predicted molar refractivity (Wildman–Crippen MR) is 79.2 cm³/mol. The van der Waals surface area contributed by atoms with Crippen LogP contribution in [0.1, 0.15) is 24.3 Å². The van der Waals surface area contributed by atoms with Crippen molar-refractivity contribution in [1.29, 1.82) is 0 Å². The molecule has 0 aromatic carbocycles. The first-order chi connectivity index (χ1) is 8.09. The van der Waals surface area contributed by atoms with Crippen LogP contribution in [-0.4, -0.2) is 35.5 Å². The van der Waals surface area contributed by atoms with E-state index in [2.05, 4.69) is 24.9 Å². The van der Waals surface area contributed by atoms with Crippen molar-refractivity contribution in [1.82, 2.24) is 4.90 Å². The molecule has 0 saturated carbocycles. The highest BCUT2D eigenvalue weighted by Gasteiger charge is 2.30. The molecule has 1 saturated heterocycles. The summed E-state index contributed by atoms with van der Waals surface area (Å²) in [6.45, 7) is 2.08. The van der Waals surface area contributed by atoms with Gasteiger partial charge in [-0.1, -0.05) is 11.6 Å². The van der Waals surface area contributed by atoms with E-state index in [0.717, 1.165) is 4.34 Å². The Morgan fingerprint density at radius 2 is 2.29 bits per heavy atom. The zero-order valence-corrected chi connectivity index (χ0v) is 12.6. The molecule has 1 aliphatic rings.